The van der Waals surface area contributed by atoms with Gasteiger partial charge in [0.15, 0.2) is 0 Å². The van der Waals surface area contributed by atoms with Crippen LogP contribution in [0.2, 0.25) is 0 Å². The van der Waals surface area contributed by atoms with Crippen molar-refractivity contribution in [3.63, 3.8) is 0 Å². The van der Waals surface area contributed by atoms with Crippen LogP contribution in [-0.2, 0) is 14.8 Å². The Morgan fingerprint density at radius 1 is 1.19 bits per heavy atom. The number of nitrogens with one attached hydrogen (secondary N) is 1. The molecule has 8 heteroatoms. The molecule has 3 rings (SSSR count). The van der Waals surface area contributed by atoms with E-state index in [1.165, 1.54) is 20.2 Å². The molecule has 2 aliphatic rings. The summed E-state index contributed by atoms with van der Waals surface area (Å²) < 4.78 is 31.6. The minimum atomic E-state index is -3.60. The van der Waals surface area contributed by atoms with Gasteiger partial charge in [0.25, 0.3) is 5.91 Å². The lowest BCUT2D eigenvalue weighted by molar-refractivity contribution is 0.0936. The number of nitrogens with zero attached hydrogens (tertiary/aromatic N) is 2. The number of sulfonamides is 1. The molecule has 0 atom stereocenters. The van der Waals surface area contributed by atoms with Crippen LogP contribution in [0.25, 0.3) is 0 Å². The fourth-order valence-corrected chi connectivity index (χ4v) is 4.41. The minimum Gasteiger partial charge on any atom is -0.378 e. The molecule has 144 valence electrons. The van der Waals surface area contributed by atoms with Crippen LogP contribution in [-0.4, -0.2) is 65.1 Å². The normalized spacial score (nSPS) is 19.1. The number of benzene rings is 1. The van der Waals surface area contributed by atoms with Gasteiger partial charge in [-0.2, -0.15) is 0 Å². The summed E-state index contributed by atoms with van der Waals surface area (Å²) >= 11 is 0. The molecule has 26 heavy (non-hydrogen) atoms. The van der Waals surface area contributed by atoms with Gasteiger partial charge < -0.3 is 15.0 Å². The van der Waals surface area contributed by atoms with Crippen LogP contribution in [0.3, 0.4) is 0 Å². The molecule has 1 aliphatic carbocycles. The Morgan fingerprint density at radius 3 is 2.46 bits per heavy atom. The zero-order valence-electron chi connectivity index (χ0n) is 15.4. The van der Waals surface area contributed by atoms with E-state index in [2.05, 4.69) is 10.2 Å². The largest absolute Gasteiger partial charge is 0.378 e. The molecule has 1 amide bonds. The zero-order chi connectivity index (χ0) is 18.7. The van der Waals surface area contributed by atoms with Gasteiger partial charge in [-0.3, -0.25) is 4.79 Å². The highest BCUT2D eigenvalue weighted by molar-refractivity contribution is 7.89. The van der Waals surface area contributed by atoms with Crippen molar-refractivity contribution in [3.05, 3.63) is 23.8 Å². The number of hydrogen-bond donors (Lipinski definition) is 1. The van der Waals surface area contributed by atoms with Crippen molar-refractivity contribution in [2.24, 2.45) is 0 Å². The Morgan fingerprint density at radius 2 is 1.85 bits per heavy atom. The molecule has 1 aliphatic heterocycles. The predicted molar refractivity (Wildman–Crippen MR) is 100 cm³/mol. The highest BCUT2D eigenvalue weighted by atomic mass is 32.2. The SMILES string of the molecule is CN(C)S(=O)(=O)c1ccc(N2CCOCC2)c(C(=O)NC2CCCC2)c1. The standard InChI is InChI=1S/C18H27N3O4S/c1-20(2)26(23,24)15-7-8-17(21-9-11-25-12-10-21)16(13-15)18(22)19-14-5-3-4-6-14/h7-8,13-14H,3-6,9-12H2,1-2H3,(H,19,22). The van der Waals surface area contributed by atoms with Gasteiger partial charge in [-0.1, -0.05) is 12.8 Å². The number of anilines is 1. The van der Waals surface area contributed by atoms with Crippen LogP contribution >= 0.6 is 0 Å². The third-order valence-electron chi connectivity index (χ3n) is 5.03. The number of morpholine rings is 1. The summed E-state index contributed by atoms with van der Waals surface area (Å²) in [6.45, 7) is 2.57. The second-order valence-electron chi connectivity index (χ2n) is 7.02. The maximum Gasteiger partial charge on any atom is 0.253 e. The van der Waals surface area contributed by atoms with Crippen LogP contribution < -0.4 is 10.2 Å². The number of carbonyl (C=O) groups is 1. The van der Waals surface area contributed by atoms with E-state index >= 15 is 0 Å². The maximum atomic E-state index is 12.9. The molecule has 7 nitrogen and oxygen atoms in total. The lowest BCUT2D eigenvalue weighted by Gasteiger charge is -2.31. The minimum absolute atomic E-state index is 0.135. The molecule has 0 bridgehead atoms. The molecule has 0 aromatic heterocycles. The molecule has 1 N–H and O–H groups in total. The van der Waals surface area contributed by atoms with Crippen molar-refractivity contribution >= 4 is 21.6 Å². The lowest BCUT2D eigenvalue weighted by atomic mass is 10.1. The Bertz CT molecular complexity index is 752. The fourth-order valence-electron chi connectivity index (χ4n) is 3.48. The van der Waals surface area contributed by atoms with E-state index in [0.29, 0.717) is 31.9 Å². The van der Waals surface area contributed by atoms with Crippen molar-refractivity contribution in [2.45, 2.75) is 36.6 Å². The maximum absolute atomic E-state index is 12.9. The van der Waals surface area contributed by atoms with E-state index < -0.39 is 10.0 Å². The second kappa shape index (κ2) is 7.94. The highest BCUT2D eigenvalue weighted by Gasteiger charge is 2.26. The van der Waals surface area contributed by atoms with Crippen LogP contribution in [0.4, 0.5) is 5.69 Å². The predicted octanol–water partition coefficient (Wildman–Crippen LogP) is 1.45. The summed E-state index contributed by atoms with van der Waals surface area (Å²) in [6.07, 6.45) is 4.20. The molecule has 1 aromatic rings. The van der Waals surface area contributed by atoms with E-state index in [1.54, 1.807) is 12.1 Å². The molecule has 2 fully saturated rings. The number of rotatable bonds is 5. The fraction of sp³-hybridized carbons (Fsp3) is 0.611. The Hall–Kier alpha value is -1.64. The van der Waals surface area contributed by atoms with Crippen LogP contribution in [0.5, 0.6) is 0 Å². The number of amides is 1. The van der Waals surface area contributed by atoms with Crippen molar-refractivity contribution < 1.29 is 17.9 Å². The topological polar surface area (TPSA) is 79.0 Å². The average Bonchev–Trinajstić information content (AvgIpc) is 3.14. The van der Waals surface area contributed by atoms with E-state index in [0.717, 1.165) is 35.7 Å². The van der Waals surface area contributed by atoms with E-state index in [1.807, 2.05) is 0 Å². The van der Waals surface area contributed by atoms with Crippen molar-refractivity contribution in [1.29, 1.82) is 0 Å². The third kappa shape index (κ3) is 4.02. The first-order chi connectivity index (χ1) is 12.4. The first-order valence-electron chi connectivity index (χ1n) is 9.10. The smallest absolute Gasteiger partial charge is 0.253 e. The van der Waals surface area contributed by atoms with Gasteiger partial charge in [0.2, 0.25) is 10.0 Å². The Balaban J connectivity index is 1.96. The summed E-state index contributed by atoms with van der Waals surface area (Å²) in [4.78, 5) is 15.2. The molecule has 1 saturated heterocycles. The van der Waals surface area contributed by atoms with Crippen molar-refractivity contribution in [2.75, 3.05) is 45.3 Å². The monoisotopic (exact) mass is 381 g/mol. The molecular weight excluding hydrogens is 354 g/mol. The lowest BCUT2D eigenvalue weighted by Crippen LogP contribution is -2.39. The molecule has 1 heterocycles. The zero-order valence-corrected chi connectivity index (χ0v) is 16.2. The average molecular weight is 381 g/mol. The van der Waals surface area contributed by atoms with Gasteiger partial charge in [0, 0.05) is 38.9 Å². The van der Waals surface area contributed by atoms with Gasteiger partial charge in [-0.15, -0.1) is 0 Å². The first-order valence-corrected chi connectivity index (χ1v) is 10.5. The summed E-state index contributed by atoms with van der Waals surface area (Å²) in [5, 5.41) is 3.08. The second-order valence-corrected chi connectivity index (χ2v) is 9.17. The van der Waals surface area contributed by atoms with Crippen LogP contribution in [0.1, 0.15) is 36.0 Å². The van der Waals surface area contributed by atoms with Gasteiger partial charge in [0.05, 0.1) is 23.7 Å². The van der Waals surface area contributed by atoms with E-state index in [9.17, 15) is 13.2 Å². The summed E-state index contributed by atoms with van der Waals surface area (Å²) in [7, 11) is -0.618. The Labute approximate surface area is 155 Å². The quantitative estimate of drug-likeness (QED) is 0.835. The summed E-state index contributed by atoms with van der Waals surface area (Å²) in [5.41, 5.74) is 1.18. The van der Waals surface area contributed by atoms with E-state index in [4.69, 9.17) is 4.74 Å². The number of hydrogen-bond acceptors (Lipinski definition) is 5. The van der Waals surface area contributed by atoms with Crippen molar-refractivity contribution in [3.8, 4) is 0 Å². The first kappa shape index (κ1) is 19.1. The summed E-state index contributed by atoms with van der Waals surface area (Å²) in [5.74, 6) is -0.200. The van der Waals surface area contributed by atoms with Gasteiger partial charge >= 0.3 is 0 Å². The summed E-state index contributed by atoms with van der Waals surface area (Å²) in [6, 6.07) is 5.00. The highest BCUT2D eigenvalue weighted by Crippen LogP contribution is 2.27. The number of carbonyl (C=O) groups excluding carboxylic acids is 1. The van der Waals surface area contributed by atoms with E-state index in [-0.39, 0.29) is 16.8 Å². The third-order valence-corrected chi connectivity index (χ3v) is 6.84. The molecule has 0 unspecified atom stereocenters. The molecule has 0 spiro atoms. The van der Waals surface area contributed by atoms with Crippen LogP contribution in [0, 0.1) is 0 Å². The molecule has 1 aromatic carbocycles. The number of ether oxygens (including phenoxy) is 1. The molecule has 1 saturated carbocycles. The Kier molecular flexibility index (Phi) is 5.84. The van der Waals surface area contributed by atoms with Crippen molar-refractivity contribution in [1.82, 2.24) is 9.62 Å². The molecule has 0 radical (unpaired) electrons. The van der Waals surface area contributed by atoms with Gasteiger partial charge in [-0.05, 0) is 31.0 Å². The van der Waals surface area contributed by atoms with Gasteiger partial charge in [-0.25, -0.2) is 12.7 Å². The van der Waals surface area contributed by atoms with Crippen LogP contribution in [0.15, 0.2) is 23.1 Å². The van der Waals surface area contributed by atoms with Gasteiger partial charge in [0.1, 0.15) is 0 Å². The molecular formula is C18H27N3O4S.